The molecule has 0 aliphatic carbocycles. The largest absolute Gasteiger partial charge is 0.340 e. The standard InChI is InChI=1S/C12H6F2N2O3/c13-9-4-3-8(10(14)11(9)16(18)19)12(17)7-2-1-5-15-6-7/h1-6H. The molecule has 0 bridgehead atoms. The number of hydrogen-bond acceptors (Lipinski definition) is 4. The predicted octanol–water partition coefficient (Wildman–Crippen LogP) is 2.50. The average molecular weight is 264 g/mol. The van der Waals surface area contributed by atoms with Crippen LogP contribution in [0.25, 0.3) is 0 Å². The van der Waals surface area contributed by atoms with E-state index in [4.69, 9.17) is 0 Å². The average Bonchev–Trinajstić information content (AvgIpc) is 2.39. The quantitative estimate of drug-likeness (QED) is 0.485. The van der Waals surface area contributed by atoms with Crippen molar-refractivity contribution < 1.29 is 18.5 Å². The van der Waals surface area contributed by atoms with Crippen molar-refractivity contribution in [3.63, 3.8) is 0 Å². The number of nitro benzene ring substituents is 1. The molecule has 0 saturated heterocycles. The summed E-state index contributed by atoms with van der Waals surface area (Å²) >= 11 is 0. The fourth-order valence-corrected chi connectivity index (χ4v) is 1.54. The second kappa shape index (κ2) is 4.89. The number of pyridine rings is 1. The normalized spacial score (nSPS) is 10.2. The maximum absolute atomic E-state index is 13.8. The van der Waals surface area contributed by atoms with Gasteiger partial charge in [-0.25, -0.2) is 0 Å². The predicted molar refractivity (Wildman–Crippen MR) is 60.7 cm³/mol. The molecule has 1 aromatic carbocycles. The van der Waals surface area contributed by atoms with Gasteiger partial charge in [0.25, 0.3) is 0 Å². The van der Waals surface area contributed by atoms with Gasteiger partial charge in [-0.2, -0.15) is 8.78 Å². The van der Waals surface area contributed by atoms with Gasteiger partial charge in [0.05, 0.1) is 10.5 Å². The van der Waals surface area contributed by atoms with E-state index in [2.05, 4.69) is 4.98 Å². The van der Waals surface area contributed by atoms with E-state index in [-0.39, 0.29) is 5.56 Å². The molecule has 5 nitrogen and oxygen atoms in total. The van der Waals surface area contributed by atoms with E-state index in [1.54, 1.807) is 0 Å². The molecule has 19 heavy (non-hydrogen) atoms. The third-order valence-corrected chi connectivity index (χ3v) is 2.42. The zero-order valence-electron chi connectivity index (χ0n) is 9.34. The van der Waals surface area contributed by atoms with Gasteiger partial charge in [0.2, 0.25) is 11.6 Å². The molecule has 0 radical (unpaired) electrons. The molecule has 1 heterocycles. The van der Waals surface area contributed by atoms with Crippen LogP contribution in [0.2, 0.25) is 0 Å². The number of nitro groups is 1. The van der Waals surface area contributed by atoms with Crippen molar-refractivity contribution in [1.82, 2.24) is 4.98 Å². The fourth-order valence-electron chi connectivity index (χ4n) is 1.54. The first-order chi connectivity index (χ1) is 9.02. The number of aromatic nitrogens is 1. The van der Waals surface area contributed by atoms with E-state index < -0.39 is 33.6 Å². The number of nitrogens with zero attached hydrogens (tertiary/aromatic N) is 2. The first-order valence-corrected chi connectivity index (χ1v) is 5.09. The molecule has 0 amide bonds. The lowest BCUT2D eigenvalue weighted by Crippen LogP contribution is -2.08. The zero-order valence-corrected chi connectivity index (χ0v) is 9.34. The van der Waals surface area contributed by atoms with Crippen LogP contribution in [-0.4, -0.2) is 15.7 Å². The third-order valence-electron chi connectivity index (χ3n) is 2.42. The molecule has 0 spiro atoms. The van der Waals surface area contributed by atoms with Crippen molar-refractivity contribution in [2.75, 3.05) is 0 Å². The van der Waals surface area contributed by atoms with Crippen LogP contribution in [-0.2, 0) is 0 Å². The lowest BCUT2D eigenvalue weighted by Gasteiger charge is -2.03. The molecule has 0 atom stereocenters. The molecule has 2 rings (SSSR count). The second-order valence-corrected chi connectivity index (χ2v) is 3.59. The Bertz CT molecular complexity index is 660. The number of benzene rings is 1. The minimum atomic E-state index is -1.49. The number of carbonyl (C=O) groups excluding carboxylic acids is 1. The van der Waals surface area contributed by atoms with E-state index in [1.807, 2.05) is 0 Å². The summed E-state index contributed by atoms with van der Waals surface area (Å²) in [6.45, 7) is 0. The van der Waals surface area contributed by atoms with Crippen LogP contribution in [0.4, 0.5) is 14.5 Å². The topological polar surface area (TPSA) is 73.1 Å². The maximum atomic E-state index is 13.8. The molecule has 0 saturated carbocycles. The zero-order chi connectivity index (χ0) is 14.0. The SMILES string of the molecule is O=C(c1cccnc1)c1ccc(F)c([N+](=O)[O-])c1F. The van der Waals surface area contributed by atoms with Crippen molar-refractivity contribution >= 4 is 11.5 Å². The lowest BCUT2D eigenvalue weighted by atomic mass is 10.0. The Morgan fingerprint density at radius 3 is 2.58 bits per heavy atom. The molecule has 2 aromatic rings. The summed E-state index contributed by atoms with van der Waals surface area (Å²) in [4.78, 5) is 25.0. The summed E-state index contributed by atoms with van der Waals surface area (Å²) in [6, 6.07) is 4.39. The van der Waals surface area contributed by atoms with Crippen LogP contribution in [0.3, 0.4) is 0 Å². The van der Waals surface area contributed by atoms with Gasteiger partial charge in [-0.3, -0.25) is 19.9 Å². The van der Waals surface area contributed by atoms with Crippen LogP contribution in [0.15, 0.2) is 36.7 Å². The third kappa shape index (κ3) is 2.30. The van der Waals surface area contributed by atoms with E-state index >= 15 is 0 Å². The first kappa shape index (κ1) is 12.7. The molecule has 96 valence electrons. The molecular weight excluding hydrogens is 258 g/mol. The smallest absolute Gasteiger partial charge is 0.288 e. The Labute approximate surface area is 105 Å². The Morgan fingerprint density at radius 1 is 1.26 bits per heavy atom. The van der Waals surface area contributed by atoms with Crippen molar-refractivity contribution in [2.24, 2.45) is 0 Å². The molecule has 7 heteroatoms. The number of ketones is 1. The van der Waals surface area contributed by atoms with Gasteiger partial charge in [-0.05, 0) is 24.3 Å². The van der Waals surface area contributed by atoms with Crippen LogP contribution in [0.1, 0.15) is 15.9 Å². The highest BCUT2D eigenvalue weighted by molar-refractivity contribution is 6.09. The highest BCUT2D eigenvalue weighted by Gasteiger charge is 2.27. The van der Waals surface area contributed by atoms with E-state index in [9.17, 15) is 23.7 Å². The summed E-state index contributed by atoms with van der Waals surface area (Å²) in [5.41, 5.74) is -1.85. The Balaban J connectivity index is 2.56. The van der Waals surface area contributed by atoms with Crippen LogP contribution in [0, 0.1) is 21.7 Å². The van der Waals surface area contributed by atoms with Crippen LogP contribution >= 0.6 is 0 Å². The van der Waals surface area contributed by atoms with E-state index in [1.165, 1.54) is 24.5 Å². The highest BCUT2D eigenvalue weighted by Crippen LogP contribution is 2.25. The number of rotatable bonds is 3. The van der Waals surface area contributed by atoms with Crippen molar-refractivity contribution in [3.8, 4) is 0 Å². The lowest BCUT2D eigenvalue weighted by molar-refractivity contribution is -0.390. The van der Waals surface area contributed by atoms with Gasteiger partial charge < -0.3 is 0 Å². The highest BCUT2D eigenvalue weighted by atomic mass is 19.1. The minimum absolute atomic E-state index is 0.0577. The van der Waals surface area contributed by atoms with Gasteiger partial charge in [0, 0.05) is 18.0 Å². The summed E-state index contributed by atoms with van der Waals surface area (Å²) in [5.74, 6) is -3.61. The van der Waals surface area contributed by atoms with Gasteiger partial charge in [-0.1, -0.05) is 0 Å². The van der Waals surface area contributed by atoms with Crippen LogP contribution < -0.4 is 0 Å². The van der Waals surface area contributed by atoms with E-state index in [0.717, 1.165) is 6.07 Å². The summed E-state index contributed by atoms with van der Waals surface area (Å²) in [6.07, 6.45) is 2.61. The van der Waals surface area contributed by atoms with Crippen molar-refractivity contribution in [2.45, 2.75) is 0 Å². The van der Waals surface area contributed by atoms with Gasteiger partial charge >= 0.3 is 5.69 Å². The molecule has 0 unspecified atom stereocenters. The molecule has 0 aliphatic heterocycles. The number of carbonyl (C=O) groups is 1. The molecule has 0 aliphatic rings. The fraction of sp³-hybridized carbons (Fsp3) is 0. The van der Waals surface area contributed by atoms with Gasteiger partial charge in [0.15, 0.2) is 5.78 Å². The molecule has 1 aromatic heterocycles. The Kier molecular flexibility index (Phi) is 3.28. The first-order valence-electron chi connectivity index (χ1n) is 5.09. The monoisotopic (exact) mass is 264 g/mol. The molecule has 0 fully saturated rings. The Morgan fingerprint density at radius 2 is 2.00 bits per heavy atom. The Hall–Kier alpha value is -2.70. The van der Waals surface area contributed by atoms with E-state index in [0.29, 0.717) is 6.07 Å². The van der Waals surface area contributed by atoms with Crippen LogP contribution in [0.5, 0.6) is 0 Å². The summed E-state index contributed by atoms with van der Waals surface area (Å²) < 4.78 is 26.9. The van der Waals surface area contributed by atoms with Crippen molar-refractivity contribution in [3.05, 3.63) is 69.5 Å². The molecular formula is C12H6F2N2O3. The summed E-state index contributed by atoms with van der Waals surface area (Å²) in [7, 11) is 0. The second-order valence-electron chi connectivity index (χ2n) is 3.59. The molecule has 0 N–H and O–H groups in total. The van der Waals surface area contributed by atoms with Gasteiger partial charge in [-0.15, -0.1) is 0 Å². The number of halogens is 2. The minimum Gasteiger partial charge on any atom is -0.288 e. The van der Waals surface area contributed by atoms with Gasteiger partial charge in [0.1, 0.15) is 0 Å². The van der Waals surface area contributed by atoms with Crippen molar-refractivity contribution in [1.29, 1.82) is 0 Å². The number of hydrogen-bond donors (Lipinski definition) is 0. The summed E-state index contributed by atoms with van der Waals surface area (Å²) in [5, 5.41) is 10.6. The maximum Gasteiger partial charge on any atom is 0.340 e.